The molecule has 2 aliphatic rings. The molecule has 4 rings (SSSR count). The largest absolute Gasteiger partial charge is 0.481 e. The first kappa shape index (κ1) is 22.6. The summed E-state index contributed by atoms with van der Waals surface area (Å²) in [7, 11) is 0. The van der Waals surface area contributed by atoms with E-state index in [4.69, 9.17) is 5.11 Å². The molecule has 2 N–H and O–H groups in total. The molecule has 31 heavy (non-hydrogen) atoms. The third-order valence-electron chi connectivity index (χ3n) is 6.46. The van der Waals surface area contributed by atoms with Gasteiger partial charge in [0.25, 0.3) is 5.91 Å². The van der Waals surface area contributed by atoms with Crippen LogP contribution in [0, 0.1) is 17.8 Å². The molecule has 2 aliphatic carbocycles. The molecule has 2 fully saturated rings. The van der Waals surface area contributed by atoms with E-state index < -0.39 is 5.97 Å². The number of carboxylic acid groups (broad SMARTS) is 1. The van der Waals surface area contributed by atoms with Gasteiger partial charge in [-0.1, -0.05) is 18.2 Å². The van der Waals surface area contributed by atoms with Gasteiger partial charge in [-0.25, -0.2) is 0 Å². The van der Waals surface area contributed by atoms with Crippen molar-refractivity contribution in [3.05, 3.63) is 51.6 Å². The van der Waals surface area contributed by atoms with E-state index in [0.29, 0.717) is 24.2 Å². The molecular weight excluding hydrogens is 446 g/mol. The van der Waals surface area contributed by atoms with Gasteiger partial charge in [-0.15, -0.1) is 34.4 Å². The Labute approximate surface area is 196 Å². The molecule has 4 unspecified atom stereocenters. The van der Waals surface area contributed by atoms with Crippen LogP contribution >= 0.6 is 34.4 Å². The van der Waals surface area contributed by atoms with Crippen molar-refractivity contribution >= 4 is 46.3 Å². The van der Waals surface area contributed by atoms with E-state index in [2.05, 4.69) is 41.0 Å². The molecule has 1 amide bonds. The van der Waals surface area contributed by atoms with Gasteiger partial charge >= 0.3 is 5.97 Å². The number of thioether (sulfide) groups is 1. The Kier molecular flexibility index (Phi) is 7.91. The number of allylic oxidation sites excluding steroid dienone is 2. The zero-order valence-corrected chi connectivity index (χ0v) is 19.9. The monoisotopic (exact) mass is 475 g/mol. The van der Waals surface area contributed by atoms with Crippen LogP contribution in [-0.2, 0) is 10.5 Å². The van der Waals surface area contributed by atoms with Crippen LogP contribution in [0.15, 0.2) is 46.0 Å². The fourth-order valence-electron chi connectivity index (χ4n) is 5.00. The Morgan fingerprint density at radius 1 is 1.19 bits per heavy atom. The molecule has 7 heteroatoms. The first-order chi connectivity index (χ1) is 15.1. The number of carbonyl (C=O) groups excluding carboxylic acids is 1. The van der Waals surface area contributed by atoms with Crippen molar-refractivity contribution in [2.75, 3.05) is 0 Å². The maximum absolute atomic E-state index is 13.0. The smallest absolute Gasteiger partial charge is 0.303 e. The number of nitrogens with one attached hydrogen (secondary N) is 1. The molecule has 166 valence electrons. The van der Waals surface area contributed by atoms with Gasteiger partial charge in [0, 0.05) is 23.1 Å². The van der Waals surface area contributed by atoms with Crippen LogP contribution in [0.1, 0.15) is 59.5 Å². The summed E-state index contributed by atoms with van der Waals surface area (Å²) in [5.74, 6) is 2.07. The van der Waals surface area contributed by atoms with Gasteiger partial charge in [-0.3, -0.25) is 9.59 Å². The minimum Gasteiger partial charge on any atom is -0.481 e. The highest BCUT2D eigenvalue weighted by Crippen LogP contribution is 2.50. The van der Waals surface area contributed by atoms with Crippen molar-refractivity contribution in [1.82, 2.24) is 5.32 Å². The van der Waals surface area contributed by atoms with Crippen LogP contribution in [0.3, 0.4) is 0 Å². The standard InChI is InChI=1S/C24H29NO3S3/c26-21(27)7-4-2-1-3-6-19-16-9-10-17(14-16)23(19)25-24(28)20-12-11-18(31-20)15-30-22-8-5-13-29-22/h1,3,5,8,11-13,16-17,19,23H,2,4,6-7,9-10,14-15H2,(H,25,28)(H,26,27). The number of rotatable bonds is 11. The zero-order chi connectivity index (χ0) is 21.6. The molecule has 0 spiro atoms. The van der Waals surface area contributed by atoms with E-state index >= 15 is 0 Å². The van der Waals surface area contributed by atoms with Crippen molar-refractivity contribution in [3.8, 4) is 0 Å². The minimum atomic E-state index is -0.730. The quantitative estimate of drug-likeness (QED) is 0.223. The summed E-state index contributed by atoms with van der Waals surface area (Å²) in [5, 5.41) is 14.2. The molecule has 4 atom stereocenters. The first-order valence-corrected chi connectivity index (χ1v) is 13.7. The SMILES string of the molecule is O=C(O)CCCC=CCC1C2CCC(C2)C1NC(=O)c1ccc(CSc2cccs2)s1. The van der Waals surface area contributed by atoms with Gasteiger partial charge in [0.1, 0.15) is 0 Å². The highest BCUT2D eigenvalue weighted by molar-refractivity contribution is 8.00. The van der Waals surface area contributed by atoms with E-state index in [9.17, 15) is 9.59 Å². The van der Waals surface area contributed by atoms with E-state index in [-0.39, 0.29) is 18.4 Å². The van der Waals surface area contributed by atoms with Gasteiger partial charge in [-0.2, -0.15) is 0 Å². The van der Waals surface area contributed by atoms with E-state index in [1.54, 1.807) is 22.7 Å². The second kappa shape index (κ2) is 10.8. The summed E-state index contributed by atoms with van der Waals surface area (Å²) < 4.78 is 1.31. The molecule has 2 aromatic rings. The van der Waals surface area contributed by atoms with Gasteiger partial charge in [0.15, 0.2) is 0 Å². The predicted octanol–water partition coefficient (Wildman–Crippen LogP) is 6.45. The van der Waals surface area contributed by atoms with Crippen molar-refractivity contribution in [2.45, 2.75) is 60.9 Å². The van der Waals surface area contributed by atoms with Crippen molar-refractivity contribution in [1.29, 1.82) is 0 Å². The molecular formula is C24H29NO3S3. The second-order valence-electron chi connectivity index (χ2n) is 8.48. The lowest BCUT2D eigenvalue weighted by atomic mass is 9.82. The zero-order valence-electron chi connectivity index (χ0n) is 17.5. The lowest BCUT2D eigenvalue weighted by Gasteiger charge is -2.31. The number of carbonyl (C=O) groups is 2. The third-order valence-corrected chi connectivity index (χ3v) is 9.91. The molecule has 0 aromatic carbocycles. The Morgan fingerprint density at radius 2 is 2.06 bits per heavy atom. The lowest BCUT2D eigenvalue weighted by Crippen LogP contribution is -2.43. The molecule has 0 radical (unpaired) electrons. The Bertz CT molecular complexity index is 905. The Balaban J connectivity index is 1.29. The fraction of sp³-hybridized carbons (Fsp3) is 0.500. The number of hydrogen-bond acceptors (Lipinski definition) is 5. The maximum atomic E-state index is 13.0. The molecule has 2 aromatic heterocycles. The number of thiophene rings is 2. The summed E-state index contributed by atoms with van der Waals surface area (Å²) in [5.41, 5.74) is 0. The van der Waals surface area contributed by atoms with Crippen LogP contribution in [-0.4, -0.2) is 23.0 Å². The van der Waals surface area contributed by atoms with Crippen LogP contribution in [0.25, 0.3) is 0 Å². The number of aliphatic carboxylic acids is 1. The normalized spacial score (nSPS) is 24.8. The average Bonchev–Trinajstić information content (AvgIpc) is 3.54. The number of hydrogen-bond donors (Lipinski definition) is 2. The van der Waals surface area contributed by atoms with Crippen LogP contribution < -0.4 is 5.32 Å². The second-order valence-corrected chi connectivity index (χ2v) is 11.9. The van der Waals surface area contributed by atoms with Gasteiger partial charge in [0.2, 0.25) is 0 Å². The predicted molar refractivity (Wildman–Crippen MR) is 129 cm³/mol. The highest BCUT2D eigenvalue weighted by Gasteiger charge is 2.47. The van der Waals surface area contributed by atoms with Crippen molar-refractivity contribution in [3.63, 3.8) is 0 Å². The molecule has 2 bridgehead atoms. The Morgan fingerprint density at radius 3 is 2.87 bits per heavy atom. The number of carboxylic acids is 1. The molecule has 0 saturated heterocycles. The number of amides is 1. The van der Waals surface area contributed by atoms with Gasteiger partial charge in [0.05, 0.1) is 9.09 Å². The van der Waals surface area contributed by atoms with E-state index in [1.807, 2.05) is 17.8 Å². The summed E-state index contributed by atoms with van der Waals surface area (Å²) >= 11 is 5.18. The molecule has 0 aliphatic heterocycles. The van der Waals surface area contributed by atoms with Crippen molar-refractivity contribution < 1.29 is 14.7 Å². The van der Waals surface area contributed by atoms with Gasteiger partial charge in [-0.05, 0) is 79.9 Å². The van der Waals surface area contributed by atoms with Gasteiger partial charge < -0.3 is 10.4 Å². The van der Waals surface area contributed by atoms with E-state index in [0.717, 1.165) is 23.5 Å². The summed E-state index contributed by atoms with van der Waals surface area (Å²) in [6, 6.07) is 8.51. The molecule has 4 nitrogen and oxygen atoms in total. The maximum Gasteiger partial charge on any atom is 0.303 e. The topological polar surface area (TPSA) is 66.4 Å². The van der Waals surface area contributed by atoms with Crippen LogP contribution in [0.2, 0.25) is 0 Å². The number of unbranched alkanes of at least 4 members (excludes halogenated alkanes) is 1. The van der Waals surface area contributed by atoms with Crippen LogP contribution in [0.5, 0.6) is 0 Å². The third kappa shape index (κ3) is 6.02. The fourth-order valence-corrected chi connectivity index (χ4v) is 7.74. The average molecular weight is 476 g/mol. The molecule has 2 saturated carbocycles. The lowest BCUT2D eigenvalue weighted by molar-refractivity contribution is -0.137. The molecule has 2 heterocycles. The Hall–Kier alpha value is -1.57. The summed E-state index contributed by atoms with van der Waals surface area (Å²) in [4.78, 5) is 25.6. The number of fused-ring (bicyclic) bond motifs is 2. The summed E-state index contributed by atoms with van der Waals surface area (Å²) in [6.07, 6.45) is 10.8. The minimum absolute atomic E-state index is 0.0744. The summed E-state index contributed by atoms with van der Waals surface area (Å²) in [6.45, 7) is 0. The van der Waals surface area contributed by atoms with Crippen molar-refractivity contribution in [2.24, 2.45) is 17.8 Å². The van der Waals surface area contributed by atoms with E-state index in [1.165, 1.54) is 28.3 Å². The van der Waals surface area contributed by atoms with Crippen LogP contribution in [0.4, 0.5) is 0 Å². The highest BCUT2D eigenvalue weighted by atomic mass is 32.2. The first-order valence-electron chi connectivity index (χ1n) is 11.0.